The highest BCUT2D eigenvalue weighted by atomic mass is 16.5. The Balaban J connectivity index is 1.27. The number of hydrogen-bond donors (Lipinski definition) is 0. The molecule has 2 fully saturated rings. The molecular formula is C35H50O2. The Bertz CT molecular complexity index is 942. The molecule has 4 rings (SSSR count). The number of carbonyl (C=O) groups excluding carboxylic acids is 1. The third-order valence-electron chi connectivity index (χ3n) is 9.47. The predicted octanol–water partition coefficient (Wildman–Crippen LogP) is 10.2. The molecule has 2 aliphatic rings. The van der Waals surface area contributed by atoms with Crippen LogP contribution in [0.4, 0.5) is 0 Å². The molecule has 0 radical (unpaired) electrons. The standard InChI is InChI=1S/C35H50O2/c1-4-6-8-9-27-10-12-28(13-11-27)29-14-16-30(17-15-29)31-18-20-32(21-19-31)33-22-24-35(3,25-23-33)34(36)37-26-7-5-2/h14-21,27-28,33H,4-13,22-26H2,1-3H3/t27-,28-,33?,35?. The lowest BCUT2D eigenvalue weighted by Crippen LogP contribution is -2.34. The first-order valence-electron chi connectivity index (χ1n) is 15.4. The van der Waals surface area contributed by atoms with Gasteiger partial charge in [-0.3, -0.25) is 4.79 Å². The Kier molecular flexibility index (Phi) is 10.3. The summed E-state index contributed by atoms with van der Waals surface area (Å²) in [6.45, 7) is 7.10. The largest absolute Gasteiger partial charge is 0.465 e. The maximum Gasteiger partial charge on any atom is 0.311 e. The molecule has 2 aromatic carbocycles. The van der Waals surface area contributed by atoms with Crippen molar-refractivity contribution >= 4 is 5.97 Å². The molecule has 0 atom stereocenters. The molecule has 0 unspecified atom stereocenters. The van der Waals surface area contributed by atoms with Crippen molar-refractivity contribution in [3.05, 3.63) is 59.7 Å². The van der Waals surface area contributed by atoms with Gasteiger partial charge < -0.3 is 4.74 Å². The van der Waals surface area contributed by atoms with Crippen LogP contribution >= 0.6 is 0 Å². The molecule has 37 heavy (non-hydrogen) atoms. The van der Waals surface area contributed by atoms with Crippen LogP contribution in [0, 0.1) is 11.3 Å². The lowest BCUT2D eigenvalue weighted by molar-refractivity contribution is -0.157. The molecule has 0 heterocycles. The molecule has 202 valence electrons. The lowest BCUT2D eigenvalue weighted by Gasteiger charge is -2.35. The number of carbonyl (C=O) groups is 1. The molecule has 0 amide bonds. The fourth-order valence-electron chi connectivity index (χ4n) is 6.64. The highest BCUT2D eigenvalue weighted by Crippen LogP contribution is 2.44. The summed E-state index contributed by atoms with van der Waals surface area (Å²) in [5.41, 5.74) is 5.26. The monoisotopic (exact) mass is 502 g/mol. The zero-order chi connectivity index (χ0) is 26.1. The maximum atomic E-state index is 12.6. The van der Waals surface area contributed by atoms with Crippen LogP contribution in [0.5, 0.6) is 0 Å². The number of benzene rings is 2. The van der Waals surface area contributed by atoms with Crippen molar-refractivity contribution in [1.29, 1.82) is 0 Å². The molecule has 0 aromatic heterocycles. The van der Waals surface area contributed by atoms with E-state index in [1.54, 1.807) is 0 Å². The van der Waals surface area contributed by atoms with Gasteiger partial charge in [-0.15, -0.1) is 0 Å². The quantitative estimate of drug-likeness (QED) is 0.226. The molecule has 0 aliphatic heterocycles. The Morgan fingerprint density at radius 3 is 1.76 bits per heavy atom. The van der Waals surface area contributed by atoms with Crippen molar-refractivity contribution in [2.24, 2.45) is 11.3 Å². The number of rotatable bonds is 11. The number of ether oxygens (including phenoxy) is 1. The van der Waals surface area contributed by atoms with Crippen molar-refractivity contribution in [3.63, 3.8) is 0 Å². The van der Waals surface area contributed by atoms with Gasteiger partial charge in [-0.25, -0.2) is 0 Å². The van der Waals surface area contributed by atoms with Crippen molar-refractivity contribution in [2.75, 3.05) is 6.61 Å². The second-order valence-electron chi connectivity index (χ2n) is 12.3. The number of esters is 1. The second-order valence-corrected chi connectivity index (χ2v) is 12.3. The molecule has 0 N–H and O–H groups in total. The molecule has 2 aromatic rings. The predicted molar refractivity (Wildman–Crippen MR) is 156 cm³/mol. The van der Waals surface area contributed by atoms with Gasteiger partial charge in [0.05, 0.1) is 12.0 Å². The van der Waals surface area contributed by atoms with Crippen LogP contribution in [0.15, 0.2) is 48.5 Å². The van der Waals surface area contributed by atoms with E-state index in [4.69, 9.17) is 4.74 Å². The fraction of sp³-hybridized carbons (Fsp3) is 0.629. The van der Waals surface area contributed by atoms with E-state index in [2.05, 4.69) is 69.3 Å². The molecule has 0 saturated heterocycles. The van der Waals surface area contributed by atoms with E-state index < -0.39 is 0 Å². The Morgan fingerprint density at radius 2 is 1.24 bits per heavy atom. The smallest absolute Gasteiger partial charge is 0.311 e. The Morgan fingerprint density at radius 1 is 0.730 bits per heavy atom. The number of unbranched alkanes of at least 4 members (excludes halogenated alkanes) is 3. The van der Waals surface area contributed by atoms with Crippen LogP contribution in [0.25, 0.3) is 11.1 Å². The van der Waals surface area contributed by atoms with E-state index in [9.17, 15) is 4.79 Å². The first-order valence-corrected chi connectivity index (χ1v) is 15.4. The summed E-state index contributed by atoms with van der Waals surface area (Å²) in [5, 5.41) is 0. The minimum atomic E-state index is -0.305. The van der Waals surface area contributed by atoms with Crippen LogP contribution in [0.2, 0.25) is 0 Å². The Hall–Kier alpha value is -2.09. The highest BCUT2D eigenvalue weighted by Gasteiger charge is 2.39. The zero-order valence-corrected chi connectivity index (χ0v) is 23.8. The van der Waals surface area contributed by atoms with Gasteiger partial charge in [0.25, 0.3) is 0 Å². The Labute approximate surface area is 226 Å². The van der Waals surface area contributed by atoms with Gasteiger partial charge in [0.2, 0.25) is 0 Å². The second kappa shape index (κ2) is 13.6. The fourth-order valence-corrected chi connectivity index (χ4v) is 6.64. The van der Waals surface area contributed by atoms with E-state index in [1.807, 2.05) is 0 Å². The minimum Gasteiger partial charge on any atom is -0.465 e. The molecular weight excluding hydrogens is 452 g/mol. The summed E-state index contributed by atoms with van der Waals surface area (Å²) >= 11 is 0. The molecule has 0 bridgehead atoms. The van der Waals surface area contributed by atoms with Crippen molar-refractivity contribution < 1.29 is 9.53 Å². The highest BCUT2D eigenvalue weighted by molar-refractivity contribution is 5.76. The van der Waals surface area contributed by atoms with E-state index >= 15 is 0 Å². The maximum absolute atomic E-state index is 12.6. The summed E-state index contributed by atoms with van der Waals surface area (Å²) in [7, 11) is 0. The molecule has 2 nitrogen and oxygen atoms in total. The summed E-state index contributed by atoms with van der Waals surface area (Å²) in [4.78, 5) is 12.6. The van der Waals surface area contributed by atoms with E-state index in [0.717, 1.165) is 50.4 Å². The van der Waals surface area contributed by atoms with Gasteiger partial charge in [-0.1, -0.05) is 94.5 Å². The van der Waals surface area contributed by atoms with Gasteiger partial charge in [-0.05, 0) is 105 Å². The summed E-state index contributed by atoms with van der Waals surface area (Å²) in [5.74, 6) is 2.28. The molecule has 2 aliphatic carbocycles. The van der Waals surface area contributed by atoms with Gasteiger partial charge >= 0.3 is 5.97 Å². The summed E-state index contributed by atoms with van der Waals surface area (Å²) in [6, 6.07) is 18.6. The van der Waals surface area contributed by atoms with Gasteiger partial charge in [-0.2, -0.15) is 0 Å². The van der Waals surface area contributed by atoms with Gasteiger partial charge in [0, 0.05) is 0 Å². The first kappa shape index (κ1) is 27.9. The first-order chi connectivity index (χ1) is 18.0. The zero-order valence-electron chi connectivity index (χ0n) is 23.8. The molecule has 2 heteroatoms. The molecule has 0 spiro atoms. The van der Waals surface area contributed by atoms with E-state index in [0.29, 0.717) is 12.5 Å². The van der Waals surface area contributed by atoms with Crippen LogP contribution in [-0.4, -0.2) is 12.6 Å². The molecule has 2 saturated carbocycles. The van der Waals surface area contributed by atoms with E-state index in [1.165, 1.54) is 73.6 Å². The average molecular weight is 503 g/mol. The topological polar surface area (TPSA) is 26.3 Å². The normalized spacial score (nSPS) is 26.1. The SMILES string of the molecule is CCCCC[C@H]1CC[C@H](c2ccc(-c3ccc(C4CCC(C)(C(=O)OCCCC)CC4)cc3)cc2)CC1. The van der Waals surface area contributed by atoms with Gasteiger partial charge in [0.15, 0.2) is 0 Å². The van der Waals surface area contributed by atoms with Crippen molar-refractivity contribution in [3.8, 4) is 11.1 Å². The minimum absolute atomic E-state index is 0.0122. The van der Waals surface area contributed by atoms with Crippen LogP contribution in [-0.2, 0) is 9.53 Å². The third kappa shape index (κ3) is 7.49. The summed E-state index contributed by atoms with van der Waals surface area (Å²) < 4.78 is 5.56. The van der Waals surface area contributed by atoms with Crippen molar-refractivity contribution in [1.82, 2.24) is 0 Å². The number of hydrogen-bond acceptors (Lipinski definition) is 2. The van der Waals surface area contributed by atoms with Crippen molar-refractivity contribution in [2.45, 2.75) is 122 Å². The van der Waals surface area contributed by atoms with Crippen LogP contribution < -0.4 is 0 Å². The third-order valence-corrected chi connectivity index (χ3v) is 9.47. The summed E-state index contributed by atoms with van der Waals surface area (Å²) in [6.07, 6.45) is 17.2. The van der Waals surface area contributed by atoms with Gasteiger partial charge in [0.1, 0.15) is 0 Å². The van der Waals surface area contributed by atoms with Crippen LogP contribution in [0.1, 0.15) is 134 Å². The van der Waals surface area contributed by atoms with Crippen LogP contribution in [0.3, 0.4) is 0 Å². The average Bonchev–Trinajstić information content (AvgIpc) is 2.94. The lowest BCUT2D eigenvalue weighted by atomic mass is 9.70. The van der Waals surface area contributed by atoms with E-state index in [-0.39, 0.29) is 11.4 Å².